The van der Waals surface area contributed by atoms with Crippen molar-refractivity contribution in [2.24, 2.45) is 0 Å². The molecule has 1 saturated carbocycles. The van der Waals surface area contributed by atoms with Gasteiger partial charge in [-0.2, -0.15) is 5.10 Å². The standard InChI is InChI=1S/C19H25N3O/c1-13-4-6-16(7-5-13)12-19(10-11-19)20-18(23)9-8-17-14(2)15(3)21-22-17/h4-7H,8-12H2,1-3H3,(H,20,23)(H,21,22). The van der Waals surface area contributed by atoms with E-state index in [-0.39, 0.29) is 11.4 Å². The summed E-state index contributed by atoms with van der Waals surface area (Å²) < 4.78 is 0. The smallest absolute Gasteiger partial charge is 0.220 e. The van der Waals surface area contributed by atoms with Gasteiger partial charge in [-0.1, -0.05) is 29.8 Å². The van der Waals surface area contributed by atoms with Crippen LogP contribution >= 0.6 is 0 Å². The van der Waals surface area contributed by atoms with Crippen LogP contribution in [0, 0.1) is 20.8 Å². The van der Waals surface area contributed by atoms with E-state index >= 15 is 0 Å². The third-order valence-electron chi connectivity index (χ3n) is 4.86. The molecule has 0 unspecified atom stereocenters. The summed E-state index contributed by atoms with van der Waals surface area (Å²) in [6, 6.07) is 8.60. The van der Waals surface area contributed by atoms with E-state index in [9.17, 15) is 4.79 Å². The number of aromatic nitrogens is 2. The highest BCUT2D eigenvalue weighted by Gasteiger charge is 2.43. The van der Waals surface area contributed by atoms with E-state index in [1.807, 2.05) is 13.8 Å². The summed E-state index contributed by atoms with van der Waals surface area (Å²) in [4.78, 5) is 12.3. The van der Waals surface area contributed by atoms with Crippen LogP contribution in [0.3, 0.4) is 0 Å². The Bertz CT molecular complexity index is 696. The fraction of sp³-hybridized carbons (Fsp3) is 0.474. The van der Waals surface area contributed by atoms with Crippen LogP contribution < -0.4 is 5.32 Å². The van der Waals surface area contributed by atoms with Crippen molar-refractivity contribution >= 4 is 5.91 Å². The lowest BCUT2D eigenvalue weighted by Crippen LogP contribution is -2.38. The molecule has 1 fully saturated rings. The Morgan fingerprint density at radius 3 is 2.48 bits per heavy atom. The second-order valence-electron chi connectivity index (χ2n) is 6.91. The molecule has 23 heavy (non-hydrogen) atoms. The highest BCUT2D eigenvalue weighted by Crippen LogP contribution is 2.38. The minimum absolute atomic E-state index is 0.0110. The van der Waals surface area contributed by atoms with Crippen molar-refractivity contribution in [1.29, 1.82) is 0 Å². The number of rotatable bonds is 6. The second-order valence-corrected chi connectivity index (χ2v) is 6.91. The van der Waals surface area contributed by atoms with Crippen molar-refractivity contribution in [2.75, 3.05) is 0 Å². The molecule has 122 valence electrons. The topological polar surface area (TPSA) is 57.8 Å². The number of nitrogens with zero attached hydrogens (tertiary/aromatic N) is 1. The molecule has 0 spiro atoms. The SMILES string of the molecule is Cc1ccc(CC2(NC(=O)CCc3n[nH]c(C)c3C)CC2)cc1. The lowest BCUT2D eigenvalue weighted by Gasteiger charge is -2.17. The van der Waals surface area contributed by atoms with E-state index in [1.54, 1.807) is 0 Å². The van der Waals surface area contributed by atoms with Gasteiger partial charge in [0.25, 0.3) is 0 Å². The van der Waals surface area contributed by atoms with Crippen LogP contribution in [0.1, 0.15) is 47.3 Å². The van der Waals surface area contributed by atoms with E-state index in [2.05, 4.69) is 46.7 Å². The molecule has 0 radical (unpaired) electrons. The zero-order valence-corrected chi connectivity index (χ0v) is 14.2. The molecule has 1 aromatic heterocycles. The maximum atomic E-state index is 12.3. The minimum Gasteiger partial charge on any atom is -0.350 e. The van der Waals surface area contributed by atoms with E-state index in [0.29, 0.717) is 12.8 Å². The van der Waals surface area contributed by atoms with Gasteiger partial charge in [0, 0.05) is 24.1 Å². The van der Waals surface area contributed by atoms with Crippen LogP contribution in [0.5, 0.6) is 0 Å². The number of carbonyl (C=O) groups is 1. The Hall–Kier alpha value is -2.10. The Balaban J connectivity index is 1.53. The molecule has 4 nitrogen and oxygen atoms in total. The van der Waals surface area contributed by atoms with Crippen LogP contribution in [-0.2, 0) is 17.6 Å². The number of hydrogen-bond acceptors (Lipinski definition) is 2. The van der Waals surface area contributed by atoms with Crippen molar-refractivity contribution in [3.8, 4) is 0 Å². The number of nitrogens with one attached hydrogen (secondary N) is 2. The first kappa shape index (κ1) is 15.8. The first-order valence-electron chi connectivity index (χ1n) is 8.34. The van der Waals surface area contributed by atoms with Crippen molar-refractivity contribution in [3.63, 3.8) is 0 Å². The van der Waals surface area contributed by atoms with Gasteiger partial charge in [-0.3, -0.25) is 9.89 Å². The molecule has 1 heterocycles. The number of amides is 1. The van der Waals surface area contributed by atoms with Gasteiger partial charge < -0.3 is 5.32 Å². The van der Waals surface area contributed by atoms with Gasteiger partial charge in [-0.05, 0) is 51.2 Å². The summed E-state index contributed by atoms with van der Waals surface area (Å²) in [6.45, 7) is 6.15. The number of benzene rings is 1. The van der Waals surface area contributed by atoms with Crippen molar-refractivity contribution in [3.05, 3.63) is 52.3 Å². The van der Waals surface area contributed by atoms with Gasteiger partial charge in [-0.15, -0.1) is 0 Å². The quantitative estimate of drug-likeness (QED) is 0.861. The number of H-pyrrole nitrogens is 1. The maximum Gasteiger partial charge on any atom is 0.220 e. The van der Waals surface area contributed by atoms with E-state index in [1.165, 1.54) is 16.7 Å². The molecule has 2 aromatic rings. The zero-order chi connectivity index (χ0) is 16.4. The van der Waals surface area contributed by atoms with E-state index < -0.39 is 0 Å². The van der Waals surface area contributed by atoms with Crippen LogP contribution in [0.25, 0.3) is 0 Å². The number of carbonyl (C=O) groups excluding carboxylic acids is 1. The van der Waals surface area contributed by atoms with Gasteiger partial charge in [0.1, 0.15) is 0 Å². The van der Waals surface area contributed by atoms with Crippen LogP contribution in [-0.4, -0.2) is 21.6 Å². The molecule has 0 bridgehead atoms. The molecule has 1 aliphatic rings. The molecule has 0 saturated heterocycles. The average Bonchev–Trinajstić information content (AvgIpc) is 3.20. The molecule has 1 amide bonds. The third-order valence-corrected chi connectivity index (χ3v) is 4.86. The molecule has 4 heteroatoms. The molecule has 0 atom stereocenters. The molecule has 1 aromatic carbocycles. The predicted octanol–water partition coefficient (Wildman–Crippen LogP) is 3.16. The summed E-state index contributed by atoms with van der Waals surface area (Å²) in [5.74, 6) is 0.134. The van der Waals surface area contributed by atoms with Gasteiger partial charge in [0.15, 0.2) is 0 Å². The third kappa shape index (κ3) is 3.81. The Morgan fingerprint density at radius 1 is 1.22 bits per heavy atom. The predicted molar refractivity (Wildman–Crippen MR) is 91.4 cm³/mol. The summed E-state index contributed by atoms with van der Waals surface area (Å²) in [6.07, 6.45) is 4.28. The van der Waals surface area contributed by atoms with Gasteiger partial charge in [0.2, 0.25) is 5.91 Å². The van der Waals surface area contributed by atoms with E-state index in [4.69, 9.17) is 0 Å². The Labute approximate surface area is 137 Å². The van der Waals surface area contributed by atoms with Gasteiger partial charge >= 0.3 is 0 Å². The van der Waals surface area contributed by atoms with E-state index in [0.717, 1.165) is 30.7 Å². The average molecular weight is 311 g/mol. The summed E-state index contributed by atoms with van der Waals surface area (Å²) in [5, 5.41) is 10.5. The highest BCUT2D eigenvalue weighted by atomic mass is 16.1. The van der Waals surface area contributed by atoms with Crippen LogP contribution in [0.15, 0.2) is 24.3 Å². The fourth-order valence-electron chi connectivity index (χ4n) is 2.96. The number of aryl methyl sites for hydroxylation is 3. The molecule has 0 aliphatic heterocycles. The lowest BCUT2D eigenvalue weighted by atomic mass is 10.0. The highest BCUT2D eigenvalue weighted by molar-refractivity contribution is 5.77. The van der Waals surface area contributed by atoms with Crippen LogP contribution in [0.2, 0.25) is 0 Å². The lowest BCUT2D eigenvalue weighted by molar-refractivity contribution is -0.122. The minimum atomic E-state index is -0.0110. The fourth-order valence-corrected chi connectivity index (χ4v) is 2.96. The van der Waals surface area contributed by atoms with Crippen molar-refractivity contribution in [2.45, 2.75) is 58.4 Å². The molecule has 3 rings (SSSR count). The normalized spacial score (nSPS) is 15.4. The molecule has 2 N–H and O–H groups in total. The first-order valence-corrected chi connectivity index (χ1v) is 8.34. The number of aromatic amines is 1. The second kappa shape index (κ2) is 6.19. The summed E-state index contributed by atoms with van der Waals surface area (Å²) in [5.41, 5.74) is 5.81. The Kier molecular flexibility index (Phi) is 4.24. The van der Waals surface area contributed by atoms with Crippen molar-refractivity contribution < 1.29 is 4.79 Å². The monoisotopic (exact) mass is 311 g/mol. The maximum absolute atomic E-state index is 12.3. The van der Waals surface area contributed by atoms with Crippen LogP contribution in [0.4, 0.5) is 0 Å². The number of hydrogen-bond donors (Lipinski definition) is 2. The van der Waals surface area contributed by atoms with Crippen molar-refractivity contribution in [1.82, 2.24) is 15.5 Å². The Morgan fingerprint density at radius 2 is 1.91 bits per heavy atom. The molecular formula is C19H25N3O. The molecule has 1 aliphatic carbocycles. The summed E-state index contributed by atoms with van der Waals surface area (Å²) >= 11 is 0. The van der Waals surface area contributed by atoms with Gasteiger partial charge in [0.05, 0.1) is 5.69 Å². The molecular weight excluding hydrogens is 286 g/mol. The van der Waals surface area contributed by atoms with Gasteiger partial charge in [-0.25, -0.2) is 0 Å². The largest absolute Gasteiger partial charge is 0.350 e. The first-order chi connectivity index (χ1) is 11.0. The summed E-state index contributed by atoms with van der Waals surface area (Å²) in [7, 11) is 0. The zero-order valence-electron chi connectivity index (χ0n) is 14.2.